The second-order valence-corrected chi connectivity index (χ2v) is 8.11. The van der Waals surface area contributed by atoms with Crippen molar-refractivity contribution in [2.75, 3.05) is 6.61 Å². The summed E-state index contributed by atoms with van der Waals surface area (Å²) in [4.78, 5) is 0. The molecule has 1 aliphatic rings. The summed E-state index contributed by atoms with van der Waals surface area (Å²) in [6.07, 6.45) is 1.55. The standard InChI is InChI=1S/C29H21F3O2/c1-2-18-3-6-20(7-4-18)23-13-14-24(29(32)28(23)31)21-8-10-22(11-9-21)33-16-19-5-12-25(26(30)15-19)27-17-34-27/h2-15,27H,1,16-17H2. The van der Waals surface area contributed by atoms with Crippen LogP contribution in [-0.4, -0.2) is 6.61 Å². The molecule has 0 aliphatic carbocycles. The van der Waals surface area contributed by atoms with Gasteiger partial charge in [0.1, 0.15) is 24.3 Å². The van der Waals surface area contributed by atoms with Gasteiger partial charge in [0.25, 0.3) is 0 Å². The number of epoxide rings is 1. The predicted molar refractivity (Wildman–Crippen MR) is 127 cm³/mol. The van der Waals surface area contributed by atoms with Crippen molar-refractivity contribution in [1.29, 1.82) is 0 Å². The Hall–Kier alpha value is -3.83. The fourth-order valence-corrected chi connectivity index (χ4v) is 3.84. The van der Waals surface area contributed by atoms with Gasteiger partial charge in [-0.1, -0.05) is 73.3 Å². The van der Waals surface area contributed by atoms with Crippen LogP contribution in [0.4, 0.5) is 13.2 Å². The fourth-order valence-electron chi connectivity index (χ4n) is 3.84. The summed E-state index contributed by atoms with van der Waals surface area (Å²) in [5.74, 6) is -1.57. The first kappa shape index (κ1) is 22.0. The highest BCUT2D eigenvalue weighted by molar-refractivity contribution is 5.72. The lowest BCUT2D eigenvalue weighted by Gasteiger charge is -2.11. The minimum Gasteiger partial charge on any atom is -0.489 e. The highest BCUT2D eigenvalue weighted by atomic mass is 19.2. The lowest BCUT2D eigenvalue weighted by atomic mass is 9.98. The van der Waals surface area contributed by atoms with Crippen molar-refractivity contribution in [3.05, 3.63) is 120 Å². The second-order valence-electron chi connectivity index (χ2n) is 8.11. The van der Waals surface area contributed by atoms with Crippen LogP contribution in [0.15, 0.2) is 85.4 Å². The molecule has 4 aromatic rings. The Kier molecular flexibility index (Phi) is 5.95. The molecule has 1 atom stereocenters. The topological polar surface area (TPSA) is 21.8 Å². The number of hydrogen-bond acceptors (Lipinski definition) is 2. The van der Waals surface area contributed by atoms with Crippen molar-refractivity contribution in [3.8, 4) is 28.0 Å². The Morgan fingerprint density at radius 2 is 1.41 bits per heavy atom. The third-order valence-electron chi connectivity index (χ3n) is 5.86. The first-order chi connectivity index (χ1) is 16.5. The van der Waals surface area contributed by atoms with Gasteiger partial charge in [-0.05, 0) is 40.5 Å². The molecule has 1 unspecified atom stereocenters. The normalized spacial score (nSPS) is 14.6. The summed E-state index contributed by atoms with van der Waals surface area (Å²) in [7, 11) is 0. The van der Waals surface area contributed by atoms with E-state index in [1.807, 2.05) is 0 Å². The summed E-state index contributed by atoms with van der Waals surface area (Å²) < 4.78 is 54.8. The number of ether oxygens (including phenoxy) is 2. The summed E-state index contributed by atoms with van der Waals surface area (Å²) in [5, 5.41) is 0. The first-order valence-electron chi connectivity index (χ1n) is 10.9. The monoisotopic (exact) mass is 458 g/mol. The SMILES string of the molecule is C=Cc1ccc(-c2ccc(-c3ccc(OCc4ccc(C5CO5)c(F)c4)cc3)c(F)c2F)cc1. The Labute approximate surface area is 195 Å². The molecular weight excluding hydrogens is 437 g/mol. The molecule has 0 saturated carbocycles. The van der Waals surface area contributed by atoms with Gasteiger partial charge in [0.15, 0.2) is 11.6 Å². The van der Waals surface area contributed by atoms with Gasteiger partial charge in [-0.15, -0.1) is 0 Å². The van der Waals surface area contributed by atoms with E-state index in [1.165, 1.54) is 6.07 Å². The molecule has 1 saturated heterocycles. The fraction of sp³-hybridized carbons (Fsp3) is 0.103. The zero-order valence-corrected chi connectivity index (χ0v) is 18.2. The van der Waals surface area contributed by atoms with Gasteiger partial charge in [0.2, 0.25) is 0 Å². The lowest BCUT2D eigenvalue weighted by molar-refractivity contribution is 0.305. The van der Waals surface area contributed by atoms with Crippen LogP contribution in [0.25, 0.3) is 28.3 Å². The predicted octanol–water partition coefficient (Wildman–Crippen LogP) is 7.73. The second kappa shape index (κ2) is 9.20. The van der Waals surface area contributed by atoms with E-state index in [0.29, 0.717) is 34.6 Å². The van der Waals surface area contributed by atoms with Crippen LogP contribution in [0.2, 0.25) is 0 Å². The minimum absolute atomic E-state index is 0.139. The average Bonchev–Trinajstić information content (AvgIpc) is 3.70. The molecule has 4 aromatic carbocycles. The summed E-state index contributed by atoms with van der Waals surface area (Å²) in [6, 6.07) is 21.9. The van der Waals surface area contributed by atoms with Gasteiger partial charge in [0.05, 0.1) is 6.61 Å². The van der Waals surface area contributed by atoms with Crippen LogP contribution in [0.1, 0.15) is 22.8 Å². The number of benzene rings is 4. The van der Waals surface area contributed by atoms with Crippen molar-refractivity contribution in [3.63, 3.8) is 0 Å². The Morgan fingerprint density at radius 3 is 1.94 bits per heavy atom. The molecule has 2 nitrogen and oxygen atoms in total. The van der Waals surface area contributed by atoms with E-state index in [-0.39, 0.29) is 29.7 Å². The van der Waals surface area contributed by atoms with Crippen LogP contribution < -0.4 is 4.74 Å². The molecule has 170 valence electrons. The van der Waals surface area contributed by atoms with Crippen molar-refractivity contribution in [2.45, 2.75) is 12.7 Å². The number of rotatable bonds is 7. The van der Waals surface area contributed by atoms with E-state index in [1.54, 1.807) is 78.9 Å². The number of halogens is 3. The summed E-state index contributed by atoms with van der Waals surface area (Å²) in [5.41, 5.74) is 3.62. The molecule has 0 amide bonds. The van der Waals surface area contributed by atoms with Crippen molar-refractivity contribution >= 4 is 6.08 Å². The smallest absolute Gasteiger partial charge is 0.167 e. The molecule has 34 heavy (non-hydrogen) atoms. The van der Waals surface area contributed by atoms with Gasteiger partial charge in [-0.3, -0.25) is 0 Å². The Bertz CT molecular complexity index is 1340. The summed E-state index contributed by atoms with van der Waals surface area (Å²) in [6.45, 7) is 4.43. The van der Waals surface area contributed by atoms with Gasteiger partial charge in [-0.25, -0.2) is 13.2 Å². The highest BCUT2D eigenvalue weighted by Crippen LogP contribution is 2.33. The zero-order chi connectivity index (χ0) is 23.7. The molecule has 0 radical (unpaired) electrons. The van der Waals surface area contributed by atoms with E-state index in [0.717, 1.165) is 5.56 Å². The molecule has 1 heterocycles. The maximum Gasteiger partial charge on any atom is 0.167 e. The Morgan fingerprint density at radius 1 is 0.824 bits per heavy atom. The third kappa shape index (κ3) is 4.47. The van der Waals surface area contributed by atoms with Crippen molar-refractivity contribution in [1.82, 2.24) is 0 Å². The van der Waals surface area contributed by atoms with E-state index in [9.17, 15) is 13.2 Å². The minimum atomic E-state index is -0.908. The van der Waals surface area contributed by atoms with Crippen LogP contribution in [0, 0.1) is 17.5 Å². The maximum atomic E-state index is 14.9. The molecule has 0 spiro atoms. The van der Waals surface area contributed by atoms with Gasteiger partial charge < -0.3 is 9.47 Å². The maximum absolute atomic E-state index is 14.9. The highest BCUT2D eigenvalue weighted by Gasteiger charge is 2.27. The van der Waals surface area contributed by atoms with E-state index in [4.69, 9.17) is 9.47 Å². The van der Waals surface area contributed by atoms with Gasteiger partial charge in [-0.2, -0.15) is 0 Å². The molecular formula is C29H21F3O2. The molecule has 0 aromatic heterocycles. The van der Waals surface area contributed by atoms with E-state index >= 15 is 0 Å². The van der Waals surface area contributed by atoms with Crippen LogP contribution >= 0.6 is 0 Å². The third-order valence-corrected chi connectivity index (χ3v) is 5.86. The van der Waals surface area contributed by atoms with Crippen molar-refractivity contribution < 1.29 is 22.6 Å². The van der Waals surface area contributed by atoms with Gasteiger partial charge in [0, 0.05) is 16.7 Å². The molecule has 0 bridgehead atoms. The van der Waals surface area contributed by atoms with E-state index in [2.05, 4.69) is 6.58 Å². The molecule has 5 rings (SSSR count). The van der Waals surface area contributed by atoms with Crippen LogP contribution in [-0.2, 0) is 11.3 Å². The first-order valence-corrected chi connectivity index (χ1v) is 10.9. The zero-order valence-electron chi connectivity index (χ0n) is 18.2. The molecule has 0 N–H and O–H groups in total. The average molecular weight is 458 g/mol. The molecule has 1 fully saturated rings. The van der Waals surface area contributed by atoms with Crippen molar-refractivity contribution in [2.24, 2.45) is 0 Å². The van der Waals surface area contributed by atoms with Gasteiger partial charge >= 0.3 is 0 Å². The van der Waals surface area contributed by atoms with E-state index < -0.39 is 11.6 Å². The van der Waals surface area contributed by atoms with Crippen LogP contribution in [0.5, 0.6) is 5.75 Å². The summed E-state index contributed by atoms with van der Waals surface area (Å²) >= 11 is 0. The molecule has 5 heteroatoms. The van der Waals surface area contributed by atoms with Crippen LogP contribution in [0.3, 0.4) is 0 Å². The largest absolute Gasteiger partial charge is 0.489 e. The number of hydrogen-bond donors (Lipinski definition) is 0. The lowest BCUT2D eigenvalue weighted by Crippen LogP contribution is -1.98. The molecule has 1 aliphatic heterocycles. The Balaban J connectivity index is 1.30. The quantitative estimate of drug-likeness (QED) is 0.264.